The molecule has 0 radical (unpaired) electrons. The Labute approximate surface area is 170 Å². The van der Waals surface area contributed by atoms with E-state index in [0.29, 0.717) is 36.7 Å². The van der Waals surface area contributed by atoms with Crippen LogP contribution in [0.5, 0.6) is 0 Å². The highest BCUT2D eigenvalue weighted by molar-refractivity contribution is 5.66. The fraction of sp³-hybridized carbons (Fsp3) is 0.579. The molecule has 1 aliphatic carbocycles. The van der Waals surface area contributed by atoms with Gasteiger partial charge in [0.25, 0.3) is 0 Å². The highest BCUT2D eigenvalue weighted by atomic mass is 19.4. The third-order valence-electron chi connectivity index (χ3n) is 6.83. The number of fused-ring (bicyclic) bond motifs is 2. The third-order valence-corrected chi connectivity index (χ3v) is 6.83. The fourth-order valence-corrected chi connectivity index (χ4v) is 5.11. The van der Waals surface area contributed by atoms with E-state index in [2.05, 4.69) is 19.8 Å². The van der Waals surface area contributed by atoms with Crippen LogP contribution >= 0.6 is 0 Å². The van der Waals surface area contributed by atoms with Gasteiger partial charge in [-0.05, 0) is 18.8 Å². The van der Waals surface area contributed by atoms with Crippen LogP contribution in [0, 0.1) is 5.92 Å². The molecule has 0 aromatic carbocycles. The van der Waals surface area contributed by atoms with Gasteiger partial charge in [0.2, 0.25) is 11.9 Å². The minimum atomic E-state index is -4.16. The minimum Gasteiger partial charge on any atom is -0.368 e. The topological polar surface area (TPSA) is 87.3 Å². The van der Waals surface area contributed by atoms with Crippen LogP contribution in [-0.2, 0) is 0 Å². The van der Waals surface area contributed by atoms with Crippen molar-refractivity contribution in [3.8, 4) is 11.3 Å². The van der Waals surface area contributed by atoms with E-state index < -0.39 is 12.7 Å². The highest BCUT2D eigenvalue weighted by Gasteiger charge is 2.54. The Morgan fingerprint density at radius 3 is 2.37 bits per heavy atom. The average molecular weight is 418 g/mol. The summed E-state index contributed by atoms with van der Waals surface area (Å²) in [6.07, 6.45) is 1.46. The molecule has 2 bridgehead atoms. The first-order chi connectivity index (χ1) is 14.3. The van der Waals surface area contributed by atoms with Gasteiger partial charge in [0, 0.05) is 55.7 Å². The Morgan fingerprint density at radius 2 is 1.77 bits per heavy atom. The van der Waals surface area contributed by atoms with E-state index >= 15 is 0 Å². The summed E-state index contributed by atoms with van der Waals surface area (Å²) in [4.78, 5) is 23.5. The van der Waals surface area contributed by atoms with Crippen LogP contribution in [0.25, 0.3) is 11.3 Å². The number of halogens is 3. The van der Waals surface area contributed by atoms with Crippen LogP contribution in [0.3, 0.4) is 0 Å². The van der Waals surface area contributed by atoms with Crippen LogP contribution in [0.4, 0.5) is 30.9 Å². The first-order valence-corrected chi connectivity index (χ1v) is 10.1. The van der Waals surface area contributed by atoms with Gasteiger partial charge in [0.1, 0.15) is 5.82 Å². The van der Waals surface area contributed by atoms with E-state index in [1.807, 2.05) is 6.07 Å². The van der Waals surface area contributed by atoms with Crippen LogP contribution in [0.2, 0.25) is 0 Å². The monoisotopic (exact) mass is 418 g/mol. The Balaban J connectivity index is 1.29. The lowest BCUT2D eigenvalue weighted by Gasteiger charge is -2.62. The van der Waals surface area contributed by atoms with Crippen molar-refractivity contribution in [2.75, 3.05) is 41.7 Å². The molecule has 158 valence electrons. The van der Waals surface area contributed by atoms with Crippen molar-refractivity contribution < 1.29 is 13.2 Å². The summed E-state index contributed by atoms with van der Waals surface area (Å²) in [7, 11) is 0. The van der Waals surface area contributed by atoms with Crippen LogP contribution < -0.4 is 15.5 Å². The molecule has 11 heteroatoms. The van der Waals surface area contributed by atoms with E-state index in [-0.39, 0.29) is 18.0 Å². The highest BCUT2D eigenvalue weighted by Crippen LogP contribution is 2.44. The predicted octanol–water partition coefficient (Wildman–Crippen LogP) is 1.55. The van der Waals surface area contributed by atoms with Gasteiger partial charge in [-0.1, -0.05) is 0 Å². The molecule has 2 atom stereocenters. The largest absolute Gasteiger partial charge is 0.401 e. The molecule has 7 rings (SSSR count). The van der Waals surface area contributed by atoms with Crippen molar-refractivity contribution in [1.82, 2.24) is 24.8 Å². The molecule has 5 aliphatic rings. The Morgan fingerprint density at radius 1 is 1.00 bits per heavy atom. The van der Waals surface area contributed by atoms with E-state index in [9.17, 15) is 13.2 Å². The van der Waals surface area contributed by atoms with Gasteiger partial charge in [-0.15, -0.1) is 0 Å². The Kier molecular flexibility index (Phi) is 3.72. The summed E-state index contributed by atoms with van der Waals surface area (Å²) in [5, 5.41) is 0. The second-order valence-corrected chi connectivity index (χ2v) is 8.72. The molecule has 2 aromatic heterocycles. The van der Waals surface area contributed by atoms with Gasteiger partial charge in [-0.3, -0.25) is 4.90 Å². The average Bonchev–Trinajstić information content (AvgIpc) is 3.26. The van der Waals surface area contributed by atoms with Gasteiger partial charge in [-0.2, -0.15) is 18.2 Å². The number of nitrogen functional groups attached to an aromatic ring is 1. The summed E-state index contributed by atoms with van der Waals surface area (Å²) in [6, 6.07) is 2.36. The number of nitrogens with two attached hydrogens (primary N) is 1. The zero-order valence-electron chi connectivity index (χ0n) is 16.1. The Bertz CT molecular complexity index is 975. The van der Waals surface area contributed by atoms with Crippen LogP contribution in [-0.4, -0.2) is 75.3 Å². The summed E-state index contributed by atoms with van der Waals surface area (Å²) < 4.78 is 38.1. The number of piperazine rings is 1. The van der Waals surface area contributed by atoms with E-state index in [0.717, 1.165) is 17.9 Å². The molecular weight excluding hydrogens is 397 g/mol. The van der Waals surface area contributed by atoms with E-state index in [1.165, 1.54) is 17.7 Å². The normalized spacial score (nSPS) is 29.8. The van der Waals surface area contributed by atoms with Crippen molar-refractivity contribution in [2.45, 2.75) is 37.1 Å². The molecular formula is C19H21F3N8. The number of hydrogen-bond donors (Lipinski definition) is 1. The molecule has 1 saturated carbocycles. The van der Waals surface area contributed by atoms with E-state index in [1.54, 1.807) is 12.4 Å². The van der Waals surface area contributed by atoms with Gasteiger partial charge in [0.15, 0.2) is 0 Å². The maximum atomic E-state index is 12.7. The molecule has 2 aromatic rings. The molecule has 8 nitrogen and oxygen atoms in total. The first kappa shape index (κ1) is 18.1. The lowest BCUT2D eigenvalue weighted by Crippen LogP contribution is -2.80. The fourth-order valence-electron chi connectivity index (χ4n) is 5.11. The first-order valence-electron chi connectivity index (χ1n) is 10.1. The second-order valence-electron chi connectivity index (χ2n) is 8.72. The third kappa shape index (κ3) is 2.86. The number of rotatable bonds is 4. The zero-order chi connectivity index (χ0) is 20.6. The lowest BCUT2D eigenvalue weighted by molar-refractivity contribution is -0.170. The lowest BCUT2D eigenvalue weighted by atomic mass is 9.85. The van der Waals surface area contributed by atoms with Crippen molar-refractivity contribution >= 4 is 17.7 Å². The van der Waals surface area contributed by atoms with Crippen molar-refractivity contribution in [3.63, 3.8) is 0 Å². The number of aromatic nitrogens is 4. The van der Waals surface area contributed by atoms with Gasteiger partial charge < -0.3 is 15.5 Å². The number of hydrogen-bond acceptors (Lipinski definition) is 8. The SMILES string of the molecule is Nc1ncc(-c2cc(N3CC4[C@H]3CN4CC(F)(F)F)nc(N3CC4CC3C4)n2)cn1. The summed E-state index contributed by atoms with van der Waals surface area (Å²) in [6.45, 7) is 1.05. The number of alkyl halides is 3. The second kappa shape index (κ2) is 6.16. The minimum absolute atomic E-state index is 0.0621. The molecule has 2 N–H and O–H groups in total. The maximum absolute atomic E-state index is 12.7. The molecule has 4 saturated heterocycles. The molecule has 5 fully saturated rings. The number of likely N-dealkylation sites (tertiary alicyclic amines) is 1. The van der Waals surface area contributed by atoms with Crippen LogP contribution in [0.15, 0.2) is 18.5 Å². The predicted molar refractivity (Wildman–Crippen MR) is 104 cm³/mol. The number of anilines is 3. The molecule has 6 heterocycles. The smallest absolute Gasteiger partial charge is 0.368 e. The zero-order valence-corrected chi connectivity index (χ0v) is 16.1. The van der Waals surface area contributed by atoms with E-state index in [4.69, 9.17) is 15.7 Å². The maximum Gasteiger partial charge on any atom is 0.401 e. The molecule has 30 heavy (non-hydrogen) atoms. The van der Waals surface area contributed by atoms with Crippen molar-refractivity contribution in [3.05, 3.63) is 18.5 Å². The molecule has 0 spiro atoms. The van der Waals surface area contributed by atoms with Crippen LogP contribution in [0.1, 0.15) is 12.8 Å². The van der Waals surface area contributed by atoms with Gasteiger partial charge in [-0.25, -0.2) is 15.0 Å². The molecule has 4 aliphatic heterocycles. The van der Waals surface area contributed by atoms with Crippen molar-refractivity contribution in [2.24, 2.45) is 5.92 Å². The summed E-state index contributed by atoms with van der Waals surface area (Å²) in [5.41, 5.74) is 7.05. The van der Waals surface area contributed by atoms with Crippen molar-refractivity contribution in [1.29, 1.82) is 0 Å². The summed E-state index contributed by atoms with van der Waals surface area (Å²) in [5.74, 6) is 2.34. The Hall–Kier alpha value is -2.69. The standard InChI is InChI=1S/C19H21F3N8/c20-19(21,22)9-28-7-15-14(28)8-30(15)16-3-13(11-4-24-17(23)25-5-11)26-18(27-16)29-6-10-1-12(29)2-10/h3-5,10,12,14-15H,1-2,6-9H2,(H2,23,24,25)/t10?,12?,14?,15-/m1/s1. The van der Waals surface area contributed by atoms with Gasteiger partial charge >= 0.3 is 6.18 Å². The van der Waals surface area contributed by atoms with Gasteiger partial charge in [0.05, 0.1) is 18.3 Å². The molecule has 1 unspecified atom stereocenters. The number of nitrogens with zero attached hydrogens (tertiary/aromatic N) is 7. The molecule has 0 amide bonds. The quantitative estimate of drug-likeness (QED) is 0.801. The summed E-state index contributed by atoms with van der Waals surface area (Å²) >= 11 is 0.